The van der Waals surface area contributed by atoms with Gasteiger partial charge in [-0.25, -0.2) is 22.5 Å². The molecule has 14 rings (SSSR count). The molecule has 2 aliphatic rings. The molecule has 2 saturated heterocycles. The summed E-state index contributed by atoms with van der Waals surface area (Å²) >= 11 is 20.6. The molecule has 97 heavy (non-hydrogen) atoms. The summed E-state index contributed by atoms with van der Waals surface area (Å²) in [6.45, 7) is 2.85. The van der Waals surface area contributed by atoms with Crippen LogP contribution in [0.25, 0.3) is 101 Å². The number of hydrogen-bond donors (Lipinski definition) is 1. The highest BCUT2D eigenvalue weighted by Crippen LogP contribution is 2.41. The van der Waals surface area contributed by atoms with E-state index in [0.29, 0.717) is 115 Å². The second kappa shape index (κ2) is 30.0. The van der Waals surface area contributed by atoms with Crippen LogP contribution in [0.5, 0.6) is 0 Å². The van der Waals surface area contributed by atoms with E-state index in [2.05, 4.69) is 35.7 Å². The number of amides is 3. The molecule has 0 spiro atoms. The number of aliphatic hydroxyl groups is 1. The van der Waals surface area contributed by atoms with Crippen LogP contribution in [0.2, 0.25) is 15.1 Å². The van der Waals surface area contributed by atoms with Crippen LogP contribution in [0.1, 0.15) is 12.8 Å². The largest absolute Gasteiger partial charge is 0.393 e. The normalized spacial score (nSPS) is 13.9. The molecule has 3 amide bonds. The third-order valence-electron chi connectivity index (χ3n) is 16.8. The second-order valence-electron chi connectivity index (χ2n) is 23.7. The zero-order valence-electron chi connectivity index (χ0n) is 53.3. The zero-order valence-corrected chi connectivity index (χ0v) is 56.4. The summed E-state index contributed by atoms with van der Waals surface area (Å²) in [6, 6.07) is 57.9. The van der Waals surface area contributed by atoms with E-state index in [4.69, 9.17) is 45.0 Å². The first-order valence-corrected chi connectivity index (χ1v) is 34.4. The van der Waals surface area contributed by atoms with E-state index in [9.17, 15) is 27.9 Å². The molecule has 0 radical (unpaired) electrons. The van der Waals surface area contributed by atoms with Crippen molar-refractivity contribution in [3.63, 3.8) is 0 Å². The molecule has 12 aromatic rings. The zero-order chi connectivity index (χ0) is 67.7. The Morgan fingerprint density at radius 3 is 1.02 bits per heavy atom. The number of halogens is 3. The van der Waals surface area contributed by atoms with Crippen LogP contribution in [0.3, 0.4) is 0 Å². The lowest BCUT2D eigenvalue weighted by Gasteiger charge is -2.29. The number of likely N-dealkylation sites (N-methyl/N-ethyl adjacent to an activating group) is 2. The van der Waals surface area contributed by atoms with Crippen LogP contribution in [-0.4, -0.2) is 189 Å². The summed E-state index contributed by atoms with van der Waals surface area (Å²) in [7, 11) is 2.67. The lowest BCUT2D eigenvalue weighted by atomic mass is 10.1. The molecule has 22 nitrogen and oxygen atoms in total. The minimum absolute atomic E-state index is 0.0278. The van der Waals surface area contributed by atoms with Crippen molar-refractivity contribution in [1.29, 1.82) is 0 Å². The van der Waals surface area contributed by atoms with Crippen molar-refractivity contribution in [3.05, 3.63) is 197 Å². The van der Waals surface area contributed by atoms with Crippen molar-refractivity contribution in [1.82, 2.24) is 79.5 Å². The number of benzene rings is 6. The van der Waals surface area contributed by atoms with Gasteiger partial charge in [0.2, 0.25) is 17.7 Å². The summed E-state index contributed by atoms with van der Waals surface area (Å²) in [5, 5.41) is 53.6. The Morgan fingerprint density at radius 1 is 0.423 bits per heavy atom. The van der Waals surface area contributed by atoms with Crippen molar-refractivity contribution in [2.75, 3.05) is 71.9 Å². The summed E-state index contributed by atoms with van der Waals surface area (Å²) in [5.41, 5.74) is 10.2. The van der Waals surface area contributed by atoms with Gasteiger partial charge in [-0.05, 0) is 26.9 Å². The fourth-order valence-corrected chi connectivity index (χ4v) is 13.5. The number of hydrogen-bond acceptors (Lipinski definition) is 16. The Balaban J connectivity index is 0.000000139. The summed E-state index contributed by atoms with van der Waals surface area (Å²) in [6.07, 6.45) is 0.843. The third kappa shape index (κ3) is 15.2. The van der Waals surface area contributed by atoms with Gasteiger partial charge in [-0.3, -0.25) is 14.4 Å². The van der Waals surface area contributed by atoms with Gasteiger partial charge in [-0.2, -0.15) is 15.3 Å². The number of aromatic nitrogens is 12. The molecule has 494 valence electrons. The quantitative estimate of drug-likeness (QED) is 0.100. The van der Waals surface area contributed by atoms with E-state index >= 15 is 0 Å². The number of rotatable bonds is 15. The number of aliphatic hydroxyl groups excluding tert-OH is 1. The number of nitrogens with zero attached hydrogens (tertiary/aromatic N) is 16. The highest BCUT2D eigenvalue weighted by Gasteiger charge is 2.30. The maximum atomic E-state index is 12.9. The molecule has 0 saturated carbocycles. The van der Waals surface area contributed by atoms with Gasteiger partial charge in [0.25, 0.3) is 0 Å². The van der Waals surface area contributed by atoms with Gasteiger partial charge in [0, 0.05) is 79.7 Å². The molecule has 0 unspecified atom stereocenters. The van der Waals surface area contributed by atoms with Gasteiger partial charge in [-0.15, -0.1) is 30.6 Å². The minimum Gasteiger partial charge on any atom is -0.393 e. The summed E-state index contributed by atoms with van der Waals surface area (Å²) < 4.78 is 28.1. The Kier molecular flexibility index (Phi) is 20.8. The molecule has 8 heterocycles. The molecule has 6 aromatic carbocycles. The van der Waals surface area contributed by atoms with Gasteiger partial charge < -0.3 is 24.7 Å². The Labute approximate surface area is 574 Å². The highest BCUT2D eigenvalue weighted by atomic mass is 35.5. The average Bonchev–Trinajstić information content (AvgIpc) is 1.62. The number of carbonyl (C=O) groups is 3. The lowest BCUT2D eigenvalue weighted by Crippen LogP contribution is -2.45. The Hall–Kier alpha value is -9.88. The monoisotopic (exact) mass is 1380 g/mol. The number of fused-ring (bicyclic) bond motifs is 3. The van der Waals surface area contributed by atoms with Crippen molar-refractivity contribution >= 4 is 95.5 Å². The molecular formula is C71H67Cl3N16O6S. The molecule has 2 fully saturated rings. The van der Waals surface area contributed by atoms with E-state index in [1.54, 1.807) is 31.1 Å². The first-order valence-electron chi connectivity index (χ1n) is 31.4. The van der Waals surface area contributed by atoms with Crippen LogP contribution in [0, 0.1) is 0 Å². The van der Waals surface area contributed by atoms with Crippen LogP contribution in [0.4, 0.5) is 0 Å². The van der Waals surface area contributed by atoms with Crippen LogP contribution in [-0.2, 0) is 43.9 Å². The molecule has 0 bridgehead atoms. The maximum absolute atomic E-state index is 12.9. The third-order valence-corrected chi connectivity index (χ3v) is 19.5. The smallest absolute Gasteiger partial charge is 0.244 e. The van der Waals surface area contributed by atoms with Crippen molar-refractivity contribution in [2.24, 2.45) is 0 Å². The summed E-state index contributed by atoms with van der Waals surface area (Å²) in [4.78, 5) is 45.8. The van der Waals surface area contributed by atoms with E-state index in [1.807, 2.05) is 201 Å². The first-order chi connectivity index (χ1) is 47.0. The predicted octanol–water partition coefficient (Wildman–Crippen LogP) is 10.7. The van der Waals surface area contributed by atoms with Crippen molar-refractivity contribution < 1.29 is 27.9 Å². The molecule has 6 aromatic heterocycles. The van der Waals surface area contributed by atoms with Gasteiger partial charge >= 0.3 is 0 Å². The van der Waals surface area contributed by atoms with Crippen LogP contribution in [0.15, 0.2) is 182 Å². The Bertz CT molecular complexity index is 4880. The topological polar surface area (TPSA) is 249 Å². The molecule has 2 aliphatic heterocycles. The van der Waals surface area contributed by atoms with Gasteiger partial charge in [0.15, 0.2) is 26.8 Å². The fraction of sp³-hybridized carbons (Fsp3) is 0.239. The molecule has 26 heteroatoms. The van der Waals surface area contributed by atoms with Crippen molar-refractivity contribution in [3.8, 4) is 67.5 Å². The average molecular weight is 1380 g/mol. The van der Waals surface area contributed by atoms with Gasteiger partial charge in [0.05, 0.1) is 48.8 Å². The summed E-state index contributed by atoms with van der Waals surface area (Å²) in [5.74, 6) is -0.397. The molecular weight excluding hydrogens is 1310 g/mol. The van der Waals surface area contributed by atoms with Gasteiger partial charge in [-0.1, -0.05) is 217 Å². The van der Waals surface area contributed by atoms with Gasteiger partial charge in [0.1, 0.15) is 53.8 Å². The second-order valence-corrected chi connectivity index (χ2v) is 27.1. The van der Waals surface area contributed by atoms with E-state index in [-0.39, 0.29) is 68.1 Å². The number of likely N-dealkylation sites (tertiary alicyclic amines) is 1. The fourth-order valence-electron chi connectivity index (χ4n) is 11.4. The van der Waals surface area contributed by atoms with Crippen LogP contribution < -0.4 is 0 Å². The number of piperidine rings is 1. The minimum atomic E-state index is -3.08. The SMILES string of the molecule is CN(C)CCN(C)C(=O)Cn1nc(-c2ccccc2)c2c(Cl)c(-c3ccccc3)nnc21.O=C(Cn1nc(-c2ccccc2)c2c(Cl)c(-c3ccccc3)nnc21)N1CCC(O)CC1.O=C(Cn1nc(-c2ccccc2)c2c(Cl)c(-c3ccccc3)nnc21)N1CCS(=O)(=O)CC1. The Morgan fingerprint density at radius 2 is 0.711 bits per heavy atom. The van der Waals surface area contributed by atoms with E-state index in [0.717, 1.165) is 39.9 Å². The molecule has 0 aliphatic carbocycles. The molecule has 0 atom stereocenters. The number of carbonyl (C=O) groups excluding carboxylic acids is 3. The van der Waals surface area contributed by atoms with E-state index < -0.39 is 9.84 Å². The highest BCUT2D eigenvalue weighted by molar-refractivity contribution is 7.91. The first kappa shape index (κ1) is 67.1. The van der Waals surface area contributed by atoms with E-state index in [1.165, 1.54) is 4.68 Å². The van der Waals surface area contributed by atoms with Crippen LogP contribution >= 0.6 is 34.8 Å². The lowest BCUT2D eigenvalue weighted by molar-refractivity contribution is -0.134. The molecule has 1 N–H and O–H groups in total. The number of sulfone groups is 1. The predicted molar refractivity (Wildman–Crippen MR) is 377 cm³/mol. The van der Waals surface area contributed by atoms with Crippen molar-refractivity contribution in [2.45, 2.75) is 38.6 Å². The maximum Gasteiger partial charge on any atom is 0.244 e. The standard InChI is InChI=1S/C24H25ClN6O.C24H22ClN5O2.C23H20ClN5O3S/c1-29(2)14-15-30(3)19(32)16-31-24-20(22(28-31)17-10-6-4-7-11-17)21(25)23(26-27-24)18-12-8-5-9-13-18;25-21-20-22(16-7-3-1-4-8-16)28-30(15-19(32)29-13-11-18(31)12-14-29)24(20)27-26-23(21)17-9-5-2-6-10-17;24-20-19-21(16-7-3-1-4-8-16)27-29(15-18(30)28-11-13-33(31,32)14-12-28)23(19)26-25-22(20)17-9-5-2-6-10-17/h4-13H,14-16H2,1-3H3;1-10,18,31H,11-15H2;1-10H,11-15H2.